The molecule has 1 aromatic rings. The average molecular weight is 292 g/mol. The molecule has 0 spiro atoms. The van der Waals surface area contributed by atoms with E-state index >= 15 is 0 Å². The van der Waals surface area contributed by atoms with E-state index in [0.29, 0.717) is 18.5 Å². The molecule has 1 saturated heterocycles. The molecule has 0 aromatic carbocycles. The van der Waals surface area contributed by atoms with Crippen molar-refractivity contribution < 1.29 is 14.6 Å². The predicted molar refractivity (Wildman–Crippen MR) is 81.0 cm³/mol. The minimum absolute atomic E-state index is 0.250. The van der Waals surface area contributed by atoms with Crippen molar-refractivity contribution in [3.05, 3.63) is 23.4 Å². The van der Waals surface area contributed by atoms with Gasteiger partial charge in [0.2, 0.25) is 5.88 Å². The second-order valence-electron chi connectivity index (χ2n) is 5.68. The van der Waals surface area contributed by atoms with Gasteiger partial charge in [-0.1, -0.05) is 19.8 Å². The fourth-order valence-electron chi connectivity index (χ4n) is 2.68. The number of carbonyl (C=O) groups is 1. The number of pyridine rings is 1. The van der Waals surface area contributed by atoms with Crippen LogP contribution in [0.4, 0.5) is 0 Å². The number of aromatic carboxylic acids is 1. The van der Waals surface area contributed by atoms with E-state index in [2.05, 4.69) is 16.9 Å². The highest BCUT2D eigenvalue weighted by Crippen LogP contribution is 2.18. The summed E-state index contributed by atoms with van der Waals surface area (Å²) >= 11 is 0. The molecule has 0 saturated carbocycles. The molecule has 1 aromatic heterocycles. The number of carboxylic acid groups (broad SMARTS) is 1. The molecule has 5 heteroatoms. The molecule has 1 aliphatic rings. The molecule has 21 heavy (non-hydrogen) atoms. The van der Waals surface area contributed by atoms with Crippen molar-refractivity contribution in [3.63, 3.8) is 0 Å². The van der Waals surface area contributed by atoms with E-state index in [9.17, 15) is 4.79 Å². The molecule has 0 bridgehead atoms. The molecule has 5 nitrogen and oxygen atoms in total. The van der Waals surface area contributed by atoms with Crippen molar-refractivity contribution >= 4 is 5.97 Å². The third kappa shape index (κ3) is 4.43. The van der Waals surface area contributed by atoms with Gasteiger partial charge < -0.3 is 14.7 Å². The number of rotatable bonds is 6. The zero-order valence-corrected chi connectivity index (χ0v) is 12.8. The van der Waals surface area contributed by atoms with Crippen LogP contribution in [0.5, 0.6) is 5.88 Å². The lowest BCUT2D eigenvalue weighted by Gasteiger charge is -2.32. The van der Waals surface area contributed by atoms with Crippen LogP contribution in [0.1, 0.15) is 48.7 Å². The number of piperidine rings is 1. The summed E-state index contributed by atoms with van der Waals surface area (Å²) in [7, 11) is 2.11. The van der Waals surface area contributed by atoms with Crippen LogP contribution in [0.15, 0.2) is 12.1 Å². The Balaban J connectivity index is 2.05. The monoisotopic (exact) mass is 292 g/mol. The minimum atomic E-state index is -0.936. The molecule has 1 fully saturated rings. The Bertz CT molecular complexity index is 490. The Morgan fingerprint density at radius 3 is 2.95 bits per heavy atom. The number of aromatic nitrogens is 1. The van der Waals surface area contributed by atoms with Crippen LogP contribution in [-0.4, -0.2) is 47.2 Å². The van der Waals surface area contributed by atoms with Crippen LogP contribution in [0.25, 0.3) is 0 Å². The number of likely N-dealkylation sites (N-methyl/N-ethyl adjacent to an activating group) is 1. The Morgan fingerprint density at radius 2 is 2.29 bits per heavy atom. The number of ether oxygens (including phenoxy) is 1. The van der Waals surface area contributed by atoms with Crippen LogP contribution >= 0.6 is 0 Å². The van der Waals surface area contributed by atoms with E-state index < -0.39 is 5.97 Å². The molecule has 2 heterocycles. The van der Waals surface area contributed by atoms with Gasteiger partial charge in [0.05, 0.1) is 5.56 Å². The molecule has 1 unspecified atom stereocenters. The third-order valence-corrected chi connectivity index (χ3v) is 3.95. The maximum Gasteiger partial charge on any atom is 0.335 e. The van der Waals surface area contributed by atoms with Crippen LogP contribution < -0.4 is 4.74 Å². The predicted octanol–water partition coefficient (Wildman–Crippen LogP) is 2.60. The van der Waals surface area contributed by atoms with E-state index in [1.54, 1.807) is 6.07 Å². The van der Waals surface area contributed by atoms with E-state index in [4.69, 9.17) is 9.84 Å². The van der Waals surface area contributed by atoms with E-state index in [1.807, 2.05) is 6.92 Å². The van der Waals surface area contributed by atoms with Gasteiger partial charge in [-0.15, -0.1) is 0 Å². The highest BCUT2D eigenvalue weighted by molar-refractivity contribution is 5.88. The van der Waals surface area contributed by atoms with Gasteiger partial charge in [-0.25, -0.2) is 9.78 Å². The Morgan fingerprint density at radius 1 is 1.48 bits per heavy atom. The first kappa shape index (κ1) is 15.8. The van der Waals surface area contributed by atoms with Crippen LogP contribution in [-0.2, 0) is 6.42 Å². The minimum Gasteiger partial charge on any atom is -0.478 e. The first-order valence-electron chi connectivity index (χ1n) is 7.67. The van der Waals surface area contributed by atoms with Crippen molar-refractivity contribution in [1.82, 2.24) is 9.88 Å². The van der Waals surface area contributed by atoms with Crippen molar-refractivity contribution in [3.8, 4) is 5.88 Å². The van der Waals surface area contributed by atoms with Crippen LogP contribution in [0.2, 0.25) is 0 Å². The summed E-state index contributed by atoms with van der Waals surface area (Å²) in [6.45, 7) is 3.71. The van der Waals surface area contributed by atoms with Gasteiger partial charge in [-0.2, -0.15) is 0 Å². The highest BCUT2D eigenvalue weighted by Gasteiger charge is 2.20. The first-order valence-corrected chi connectivity index (χ1v) is 7.67. The van der Waals surface area contributed by atoms with Crippen molar-refractivity contribution in [2.24, 2.45) is 0 Å². The van der Waals surface area contributed by atoms with Crippen molar-refractivity contribution in [2.45, 2.75) is 45.1 Å². The lowest BCUT2D eigenvalue weighted by atomic mass is 10.0. The lowest BCUT2D eigenvalue weighted by Crippen LogP contribution is -2.40. The average Bonchev–Trinajstić information content (AvgIpc) is 2.46. The van der Waals surface area contributed by atoms with E-state index in [0.717, 1.165) is 31.5 Å². The number of nitrogens with zero attached hydrogens (tertiary/aromatic N) is 2. The standard InChI is InChI=1S/C16H24N2O3/c1-3-6-13-9-12(16(19)20)10-15(17-13)21-11-14-7-4-5-8-18(14)2/h9-10,14H,3-8,11H2,1-2H3,(H,19,20). The zero-order chi connectivity index (χ0) is 15.2. The molecule has 1 N–H and O–H groups in total. The van der Waals surface area contributed by atoms with Gasteiger partial charge in [-0.05, 0) is 38.9 Å². The largest absolute Gasteiger partial charge is 0.478 e. The molecule has 2 rings (SSSR count). The van der Waals surface area contributed by atoms with Gasteiger partial charge in [-0.3, -0.25) is 0 Å². The van der Waals surface area contributed by atoms with Crippen LogP contribution in [0, 0.1) is 0 Å². The zero-order valence-electron chi connectivity index (χ0n) is 12.8. The Labute approximate surface area is 125 Å². The summed E-state index contributed by atoms with van der Waals surface area (Å²) in [4.78, 5) is 17.9. The number of likely N-dealkylation sites (tertiary alicyclic amines) is 1. The van der Waals surface area contributed by atoms with Gasteiger partial charge in [0.25, 0.3) is 0 Å². The maximum absolute atomic E-state index is 11.2. The molecular formula is C16H24N2O3. The summed E-state index contributed by atoms with van der Waals surface area (Å²) in [5.74, 6) is -0.508. The number of hydrogen-bond donors (Lipinski definition) is 1. The van der Waals surface area contributed by atoms with Crippen molar-refractivity contribution in [2.75, 3.05) is 20.2 Å². The van der Waals surface area contributed by atoms with Gasteiger partial charge >= 0.3 is 5.97 Å². The quantitative estimate of drug-likeness (QED) is 0.873. The first-order chi connectivity index (χ1) is 10.1. The fraction of sp³-hybridized carbons (Fsp3) is 0.625. The molecule has 0 aliphatic carbocycles. The summed E-state index contributed by atoms with van der Waals surface area (Å²) < 4.78 is 5.78. The second kappa shape index (κ2) is 7.41. The normalized spacial score (nSPS) is 19.4. The number of carboxylic acids is 1. The highest BCUT2D eigenvalue weighted by atomic mass is 16.5. The number of hydrogen-bond acceptors (Lipinski definition) is 4. The molecule has 116 valence electrons. The molecule has 0 amide bonds. The molecule has 1 atom stereocenters. The second-order valence-corrected chi connectivity index (χ2v) is 5.68. The van der Waals surface area contributed by atoms with E-state index in [1.165, 1.54) is 18.9 Å². The summed E-state index contributed by atoms with van der Waals surface area (Å²) in [6, 6.07) is 3.54. The molecule has 0 radical (unpaired) electrons. The van der Waals surface area contributed by atoms with Gasteiger partial charge in [0, 0.05) is 17.8 Å². The Hall–Kier alpha value is -1.62. The summed E-state index contributed by atoms with van der Waals surface area (Å²) in [5, 5.41) is 9.17. The van der Waals surface area contributed by atoms with Crippen molar-refractivity contribution in [1.29, 1.82) is 0 Å². The third-order valence-electron chi connectivity index (χ3n) is 3.95. The van der Waals surface area contributed by atoms with Crippen LogP contribution in [0.3, 0.4) is 0 Å². The maximum atomic E-state index is 11.2. The lowest BCUT2D eigenvalue weighted by molar-refractivity contribution is 0.0695. The Kier molecular flexibility index (Phi) is 5.56. The topological polar surface area (TPSA) is 62.7 Å². The summed E-state index contributed by atoms with van der Waals surface area (Å²) in [6.07, 6.45) is 5.28. The SMILES string of the molecule is CCCc1cc(C(=O)O)cc(OCC2CCCCN2C)n1. The molecule has 1 aliphatic heterocycles. The molecular weight excluding hydrogens is 268 g/mol. The number of aryl methyl sites for hydroxylation is 1. The van der Waals surface area contributed by atoms with Gasteiger partial charge in [0.1, 0.15) is 6.61 Å². The van der Waals surface area contributed by atoms with E-state index in [-0.39, 0.29) is 5.56 Å². The fourth-order valence-corrected chi connectivity index (χ4v) is 2.68. The summed E-state index contributed by atoms with van der Waals surface area (Å²) in [5.41, 5.74) is 1.03. The smallest absolute Gasteiger partial charge is 0.335 e. The van der Waals surface area contributed by atoms with Gasteiger partial charge in [0.15, 0.2) is 0 Å².